The summed E-state index contributed by atoms with van der Waals surface area (Å²) in [4.78, 5) is 6.18. The lowest BCUT2D eigenvalue weighted by Crippen LogP contribution is -2.39. The molecule has 3 rings (SSSR count). The smallest absolute Gasteiger partial charge is 0.173 e. The van der Waals surface area contributed by atoms with Crippen molar-refractivity contribution in [3.8, 4) is 0 Å². The van der Waals surface area contributed by atoms with Crippen LogP contribution in [-0.2, 0) is 6.54 Å². The quantitative estimate of drug-likeness (QED) is 0.575. The van der Waals surface area contributed by atoms with Crippen LogP contribution in [0.4, 0.5) is 5.69 Å². The molecule has 0 spiro atoms. The molecule has 0 amide bonds. The van der Waals surface area contributed by atoms with Gasteiger partial charge in [0.15, 0.2) is 5.11 Å². The normalized spacial score (nSPS) is 17.6. The van der Waals surface area contributed by atoms with Crippen molar-refractivity contribution >= 4 is 46.0 Å². The summed E-state index contributed by atoms with van der Waals surface area (Å²) in [7, 11) is 0. The molecule has 0 unspecified atom stereocenters. The number of likely N-dealkylation sites (tertiary alicyclic amines) is 1. The topological polar surface area (TPSA) is 18.5 Å². The van der Waals surface area contributed by atoms with E-state index in [1.807, 2.05) is 24.3 Å². The molecular formula is C21H28ClN3S2. The standard InChI is InChI=1S/C21H28ClN3S2/c1-17-7-4-11-24(15-17)12-6-13-25(16-18-8-5-14-27-18)21(26)23-20-10-3-2-9-19(20)22/h2-3,5,8-10,14,17H,4,6-7,11-13,15-16H2,1H3,(H,23,26)/t17-/m0/s1. The summed E-state index contributed by atoms with van der Waals surface area (Å²) in [6.07, 6.45) is 3.81. The molecule has 2 aromatic rings. The minimum absolute atomic E-state index is 0.693. The molecule has 1 fully saturated rings. The third-order valence-corrected chi connectivity index (χ3v) is 6.52. The van der Waals surface area contributed by atoms with Crippen molar-refractivity contribution in [1.82, 2.24) is 9.80 Å². The third kappa shape index (κ3) is 6.46. The minimum atomic E-state index is 0.693. The van der Waals surface area contributed by atoms with Crippen molar-refractivity contribution < 1.29 is 0 Å². The zero-order valence-corrected chi connectivity index (χ0v) is 18.3. The van der Waals surface area contributed by atoms with Crippen LogP contribution in [0.3, 0.4) is 0 Å². The lowest BCUT2D eigenvalue weighted by molar-refractivity contribution is 0.177. The highest BCUT2D eigenvalue weighted by molar-refractivity contribution is 7.80. The van der Waals surface area contributed by atoms with Gasteiger partial charge in [0, 0.05) is 18.0 Å². The number of thiocarbonyl (C=S) groups is 1. The number of piperidine rings is 1. The molecule has 1 atom stereocenters. The number of hydrogen-bond acceptors (Lipinski definition) is 3. The summed E-state index contributed by atoms with van der Waals surface area (Å²) in [6, 6.07) is 12.0. The van der Waals surface area contributed by atoms with Crippen molar-refractivity contribution in [2.75, 3.05) is 31.5 Å². The maximum Gasteiger partial charge on any atom is 0.173 e. The highest BCUT2D eigenvalue weighted by Crippen LogP contribution is 2.22. The molecule has 1 aromatic carbocycles. The van der Waals surface area contributed by atoms with Crippen LogP contribution < -0.4 is 5.32 Å². The first-order chi connectivity index (χ1) is 13.1. The molecule has 146 valence electrons. The first-order valence-electron chi connectivity index (χ1n) is 9.67. The SMILES string of the molecule is C[C@H]1CCCN(CCCN(Cc2cccs2)C(=S)Nc2ccccc2Cl)C1. The summed E-state index contributed by atoms with van der Waals surface area (Å²) in [5, 5.41) is 6.89. The van der Waals surface area contributed by atoms with Gasteiger partial charge in [-0.2, -0.15) is 0 Å². The van der Waals surface area contributed by atoms with E-state index in [9.17, 15) is 0 Å². The van der Waals surface area contributed by atoms with Crippen LogP contribution in [0.1, 0.15) is 31.1 Å². The van der Waals surface area contributed by atoms with E-state index < -0.39 is 0 Å². The van der Waals surface area contributed by atoms with Gasteiger partial charge >= 0.3 is 0 Å². The van der Waals surface area contributed by atoms with Crippen molar-refractivity contribution in [2.45, 2.75) is 32.7 Å². The van der Waals surface area contributed by atoms with E-state index in [0.29, 0.717) is 5.02 Å². The Hall–Kier alpha value is -1.14. The molecule has 27 heavy (non-hydrogen) atoms. The number of rotatable bonds is 7. The van der Waals surface area contributed by atoms with E-state index in [4.69, 9.17) is 23.8 Å². The molecule has 1 N–H and O–H groups in total. The molecule has 0 radical (unpaired) electrons. The van der Waals surface area contributed by atoms with Crippen LogP contribution in [0.15, 0.2) is 41.8 Å². The molecule has 6 heteroatoms. The summed E-state index contributed by atoms with van der Waals surface area (Å²) in [6.45, 7) is 7.74. The predicted molar refractivity (Wildman–Crippen MR) is 122 cm³/mol. The van der Waals surface area contributed by atoms with Gasteiger partial charge < -0.3 is 15.1 Å². The second-order valence-electron chi connectivity index (χ2n) is 7.31. The van der Waals surface area contributed by atoms with Gasteiger partial charge in [-0.25, -0.2) is 0 Å². The molecule has 1 saturated heterocycles. The summed E-state index contributed by atoms with van der Waals surface area (Å²) >= 11 is 13.8. The Labute approximate surface area is 177 Å². The monoisotopic (exact) mass is 421 g/mol. The van der Waals surface area contributed by atoms with Crippen LogP contribution >= 0.6 is 35.2 Å². The Morgan fingerprint density at radius 2 is 2.19 bits per heavy atom. The molecule has 0 aliphatic carbocycles. The second-order valence-corrected chi connectivity index (χ2v) is 9.14. The van der Waals surface area contributed by atoms with Crippen LogP contribution in [0, 0.1) is 5.92 Å². The number of halogens is 1. The zero-order chi connectivity index (χ0) is 19.1. The van der Waals surface area contributed by atoms with Gasteiger partial charge in [0.2, 0.25) is 0 Å². The number of nitrogens with one attached hydrogen (secondary N) is 1. The average molecular weight is 422 g/mol. The van der Waals surface area contributed by atoms with E-state index in [1.165, 1.54) is 30.8 Å². The fourth-order valence-corrected chi connectivity index (χ4v) is 4.74. The Balaban J connectivity index is 1.58. The molecule has 0 bridgehead atoms. The zero-order valence-electron chi connectivity index (χ0n) is 15.9. The minimum Gasteiger partial charge on any atom is -0.344 e. The van der Waals surface area contributed by atoms with Crippen LogP contribution in [0.5, 0.6) is 0 Å². The van der Waals surface area contributed by atoms with E-state index >= 15 is 0 Å². The van der Waals surface area contributed by atoms with Crippen LogP contribution in [0.25, 0.3) is 0 Å². The van der Waals surface area contributed by atoms with Gasteiger partial charge in [0.05, 0.1) is 17.3 Å². The fraction of sp³-hybridized carbons (Fsp3) is 0.476. The number of nitrogens with zero attached hydrogens (tertiary/aromatic N) is 2. The number of para-hydroxylation sites is 1. The molecule has 2 heterocycles. The maximum absolute atomic E-state index is 6.29. The Morgan fingerprint density at radius 1 is 1.33 bits per heavy atom. The second kappa shape index (κ2) is 10.4. The Kier molecular flexibility index (Phi) is 7.94. The number of thiophene rings is 1. The summed E-state index contributed by atoms with van der Waals surface area (Å²) in [5.41, 5.74) is 0.866. The Bertz CT molecular complexity index is 720. The van der Waals surface area contributed by atoms with Crippen LogP contribution in [-0.4, -0.2) is 41.1 Å². The molecule has 1 aliphatic heterocycles. The summed E-state index contributed by atoms with van der Waals surface area (Å²) < 4.78 is 0. The molecule has 1 aliphatic rings. The van der Waals surface area contributed by atoms with Gasteiger partial charge in [-0.05, 0) is 74.1 Å². The largest absolute Gasteiger partial charge is 0.344 e. The molecule has 1 aromatic heterocycles. The lowest BCUT2D eigenvalue weighted by atomic mass is 10.0. The van der Waals surface area contributed by atoms with Crippen molar-refractivity contribution in [3.05, 3.63) is 51.7 Å². The van der Waals surface area contributed by atoms with Crippen molar-refractivity contribution in [1.29, 1.82) is 0 Å². The van der Waals surface area contributed by atoms with Crippen molar-refractivity contribution in [3.63, 3.8) is 0 Å². The predicted octanol–water partition coefficient (Wildman–Crippen LogP) is 5.72. The van der Waals surface area contributed by atoms with E-state index in [2.05, 4.69) is 39.6 Å². The molecule has 3 nitrogen and oxygen atoms in total. The molecule has 0 saturated carbocycles. The highest BCUT2D eigenvalue weighted by atomic mass is 35.5. The van der Waals surface area contributed by atoms with Gasteiger partial charge in [-0.3, -0.25) is 0 Å². The fourth-order valence-electron chi connectivity index (χ4n) is 3.57. The highest BCUT2D eigenvalue weighted by Gasteiger charge is 2.17. The number of benzene rings is 1. The van der Waals surface area contributed by atoms with Gasteiger partial charge in [-0.1, -0.05) is 36.7 Å². The lowest BCUT2D eigenvalue weighted by Gasteiger charge is -2.32. The average Bonchev–Trinajstić information content (AvgIpc) is 3.16. The third-order valence-electron chi connectivity index (χ3n) is 4.97. The van der Waals surface area contributed by atoms with Gasteiger partial charge in [0.25, 0.3) is 0 Å². The van der Waals surface area contributed by atoms with Crippen LogP contribution in [0.2, 0.25) is 5.02 Å². The first-order valence-corrected chi connectivity index (χ1v) is 11.3. The van der Waals surface area contributed by atoms with Crippen molar-refractivity contribution in [2.24, 2.45) is 5.92 Å². The number of hydrogen-bond donors (Lipinski definition) is 1. The van der Waals surface area contributed by atoms with E-state index in [-0.39, 0.29) is 0 Å². The number of anilines is 1. The van der Waals surface area contributed by atoms with Gasteiger partial charge in [-0.15, -0.1) is 11.3 Å². The molecular weight excluding hydrogens is 394 g/mol. The maximum atomic E-state index is 6.29. The van der Waals surface area contributed by atoms with Gasteiger partial charge in [0.1, 0.15) is 0 Å². The van der Waals surface area contributed by atoms with E-state index in [0.717, 1.165) is 42.8 Å². The Morgan fingerprint density at radius 3 is 2.93 bits per heavy atom. The summed E-state index contributed by atoms with van der Waals surface area (Å²) in [5.74, 6) is 0.823. The van der Waals surface area contributed by atoms with E-state index in [1.54, 1.807) is 11.3 Å². The first kappa shape index (κ1) is 20.6.